The number of primary amides is 1. The van der Waals surface area contributed by atoms with Gasteiger partial charge in [-0.1, -0.05) is 0 Å². The van der Waals surface area contributed by atoms with Crippen molar-refractivity contribution in [1.29, 1.82) is 0 Å². The maximum Gasteiger partial charge on any atom is 0.405 e. The van der Waals surface area contributed by atoms with E-state index in [0.717, 1.165) is 0 Å². The first kappa shape index (κ1) is 12.3. The fraction of sp³-hybridized carbons (Fsp3) is 0.667. The maximum atomic E-state index is 11.8. The number of carboxylic acid groups (broad SMARTS) is 1. The molecule has 1 fully saturated rings. The zero-order valence-corrected chi connectivity index (χ0v) is 8.97. The summed E-state index contributed by atoms with van der Waals surface area (Å²) in [5.41, 5.74) is 5.16. The highest BCUT2D eigenvalue weighted by Gasteiger charge is 2.34. The third-order valence-electron chi connectivity index (χ3n) is 2.57. The van der Waals surface area contributed by atoms with Crippen LogP contribution in [0.2, 0.25) is 0 Å². The van der Waals surface area contributed by atoms with Crippen LogP contribution in [0.4, 0.5) is 4.79 Å². The van der Waals surface area contributed by atoms with Crippen molar-refractivity contribution in [3.63, 3.8) is 0 Å². The summed E-state index contributed by atoms with van der Waals surface area (Å²) in [4.78, 5) is 34.5. The standard InChI is InChI=1S/C9H15N3O4/c1-5(11-9(15)16)8(14)12-4-2-3-6(12)7(10)13/h5-6,11H,2-4H2,1H3,(H2,10,13)(H,15,16). The van der Waals surface area contributed by atoms with Gasteiger partial charge in [-0.25, -0.2) is 4.79 Å². The predicted octanol–water partition coefficient (Wildman–Crippen LogP) is -0.881. The highest BCUT2D eigenvalue weighted by Crippen LogP contribution is 2.17. The van der Waals surface area contributed by atoms with Crippen LogP contribution in [0, 0.1) is 0 Å². The summed E-state index contributed by atoms with van der Waals surface area (Å²) in [5.74, 6) is -0.961. The van der Waals surface area contributed by atoms with Crippen molar-refractivity contribution < 1.29 is 19.5 Å². The number of nitrogens with two attached hydrogens (primary N) is 1. The number of rotatable bonds is 3. The first-order chi connectivity index (χ1) is 7.43. The highest BCUT2D eigenvalue weighted by atomic mass is 16.4. The molecule has 4 N–H and O–H groups in total. The highest BCUT2D eigenvalue weighted by molar-refractivity contribution is 5.90. The Morgan fingerprint density at radius 2 is 2.12 bits per heavy atom. The first-order valence-corrected chi connectivity index (χ1v) is 5.02. The van der Waals surface area contributed by atoms with E-state index in [1.807, 2.05) is 0 Å². The summed E-state index contributed by atoms with van der Waals surface area (Å²) in [5, 5.41) is 10.5. The predicted molar refractivity (Wildman–Crippen MR) is 54.6 cm³/mol. The van der Waals surface area contributed by atoms with Gasteiger partial charge in [0, 0.05) is 6.54 Å². The number of nitrogens with zero attached hydrogens (tertiary/aromatic N) is 1. The molecule has 1 aliphatic rings. The molecule has 0 spiro atoms. The molecular weight excluding hydrogens is 214 g/mol. The average molecular weight is 229 g/mol. The van der Waals surface area contributed by atoms with Gasteiger partial charge in [0.1, 0.15) is 12.1 Å². The Bertz CT molecular complexity index is 318. The van der Waals surface area contributed by atoms with Crippen molar-refractivity contribution >= 4 is 17.9 Å². The van der Waals surface area contributed by atoms with E-state index in [-0.39, 0.29) is 0 Å². The topological polar surface area (TPSA) is 113 Å². The first-order valence-electron chi connectivity index (χ1n) is 5.02. The number of hydrogen-bond acceptors (Lipinski definition) is 3. The lowest BCUT2D eigenvalue weighted by molar-refractivity contribution is -0.138. The molecule has 7 nitrogen and oxygen atoms in total. The van der Waals surface area contributed by atoms with E-state index in [2.05, 4.69) is 5.32 Å². The molecule has 3 amide bonds. The normalized spacial score (nSPS) is 21.6. The van der Waals surface area contributed by atoms with Crippen LogP contribution >= 0.6 is 0 Å². The largest absolute Gasteiger partial charge is 0.465 e. The number of carbonyl (C=O) groups is 3. The molecule has 1 saturated heterocycles. The summed E-state index contributed by atoms with van der Waals surface area (Å²) >= 11 is 0. The lowest BCUT2D eigenvalue weighted by Crippen LogP contribution is -2.51. The minimum atomic E-state index is -1.27. The maximum absolute atomic E-state index is 11.8. The Balaban J connectivity index is 2.65. The van der Waals surface area contributed by atoms with Crippen LogP contribution in [0.5, 0.6) is 0 Å². The van der Waals surface area contributed by atoms with Crippen LogP contribution in [0.25, 0.3) is 0 Å². The van der Waals surface area contributed by atoms with Gasteiger partial charge >= 0.3 is 6.09 Å². The Kier molecular flexibility index (Phi) is 3.70. The van der Waals surface area contributed by atoms with Gasteiger partial charge in [-0.15, -0.1) is 0 Å². The van der Waals surface area contributed by atoms with Crippen molar-refractivity contribution in [2.45, 2.75) is 31.8 Å². The van der Waals surface area contributed by atoms with Crippen LogP contribution in [-0.2, 0) is 9.59 Å². The molecule has 0 aromatic heterocycles. The molecule has 0 aromatic rings. The van der Waals surface area contributed by atoms with Crippen molar-refractivity contribution in [2.75, 3.05) is 6.54 Å². The lowest BCUT2D eigenvalue weighted by atomic mass is 10.2. The van der Waals surface area contributed by atoms with E-state index in [1.165, 1.54) is 11.8 Å². The molecule has 0 aliphatic carbocycles. The molecule has 1 heterocycles. The van der Waals surface area contributed by atoms with E-state index in [1.54, 1.807) is 0 Å². The summed E-state index contributed by atoms with van der Waals surface area (Å²) in [7, 11) is 0. The molecular formula is C9H15N3O4. The van der Waals surface area contributed by atoms with Gasteiger partial charge in [0.25, 0.3) is 0 Å². The number of carbonyl (C=O) groups excluding carboxylic acids is 2. The molecule has 0 radical (unpaired) electrons. The van der Waals surface area contributed by atoms with Crippen molar-refractivity contribution in [3.8, 4) is 0 Å². The van der Waals surface area contributed by atoms with Crippen molar-refractivity contribution in [3.05, 3.63) is 0 Å². The minimum absolute atomic E-state index is 0.413. The quantitative estimate of drug-likeness (QED) is 0.583. The molecule has 0 bridgehead atoms. The van der Waals surface area contributed by atoms with E-state index < -0.39 is 30.0 Å². The van der Waals surface area contributed by atoms with Crippen molar-refractivity contribution in [2.24, 2.45) is 5.73 Å². The fourth-order valence-corrected chi connectivity index (χ4v) is 1.82. The summed E-state index contributed by atoms with van der Waals surface area (Å²) in [6.45, 7) is 1.88. The zero-order valence-electron chi connectivity index (χ0n) is 8.97. The Hall–Kier alpha value is -1.79. The van der Waals surface area contributed by atoms with Gasteiger partial charge in [-0.05, 0) is 19.8 Å². The van der Waals surface area contributed by atoms with Gasteiger partial charge in [-0.2, -0.15) is 0 Å². The zero-order chi connectivity index (χ0) is 12.3. The average Bonchev–Trinajstić information content (AvgIpc) is 2.63. The lowest BCUT2D eigenvalue weighted by Gasteiger charge is -2.25. The summed E-state index contributed by atoms with van der Waals surface area (Å²) < 4.78 is 0. The van der Waals surface area contributed by atoms with E-state index in [9.17, 15) is 14.4 Å². The molecule has 16 heavy (non-hydrogen) atoms. The minimum Gasteiger partial charge on any atom is -0.465 e. The van der Waals surface area contributed by atoms with Crippen molar-refractivity contribution in [1.82, 2.24) is 10.2 Å². The van der Waals surface area contributed by atoms with Crippen LogP contribution in [0.3, 0.4) is 0 Å². The Labute approximate surface area is 92.6 Å². The van der Waals surface area contributed by atoms with Gasteiger partial charge in [0.05, 0.1) is 0 Å². The van der Waals surface area contributed by atoms with Gasteiger partial charge in [-0.3, -0.25) is 9.59 Å². The summed E-state index contributed by atoms with van der Waals surface area (Å²) in [6, 6.07) is -1.47. The second-order valence-corrected chi connectivity index (χ2v) is 3.76. The number of nitrogens with one attached hydrogen (secondary N) is 1. The second kappa shape index (κ2) is 4.82. The molecule has 1 rings (SSSR count). The number of hydrogen-bond donors (Lipinski definition) is 3. The molecule has 90 valence electrons. The third-order valence-corrected chi connectivity index (χ3v) is 2.57. The second-order valence-electron chi connectivity index (χ2n) is 3.76. The van der Waals surface area contributed by atoms with Crippen LogP contribution in [0.15, 0.2) is 0 Å². The fourth-order valence-electron chi connectivity index (χ4n) is 1.82. The molecule has 0 saturated carbocycles. The Morgan fingerprint density at radius 1 is 1.50 bits per heavy atom. The SMILES string of the molecule is CC(NC(=O)O)C(=O)N1CCCC1C(N)=O. The van der Waals surface area contributed by atoms with E-state index in [0.29, 0.717) is 19.4 Å². The van der Waals surface area contributed by atoms with E-state index >= 15 is 0 Å². The molecule has 2 unspecified atom stereocenters. The molecule has 2 atom stereocenters. The summed E-state index contributed by atoms with van der Waals surface area (Å²) in [6.07, 6.45) is -0.0179. The van der Waals surface area contributed by atoms with Crippen LogP contribution < -0.4 is 11.1 Å². The molecule has 1 aliphatic heterocycles. The number of likely N-dealkylation sites (tertiary alicyclic amines) is 1. The smallest absolute Gasteiger partial charge is 0.405 e. The van der Waals surface area contributed by atoms with E-state index in [4.69, 9.17) is 10.8 Å². The monoisotopic (exact) mass is 229 g/mol. The van der Waals surface area contributed by atoms with Crippen LogP contribution in [0.1, 0.15) is 19.8 Å². The third kappa shape index (κ3) is 2.62. The number of amides is 3. The van der Waals surface area contributed by atoms with Gasteiger partial charge in [0.2, 0.25) is 11.8 Å². The van der Waals surface area contributed by atoms with Gasteiger partial charge in [0.15, 0.2) is 0 Å². The molecule has 0 aromatic carbocycles. The Morgan fingerprint density at radius 3 is 2.62 bits per heavy atom. The van der Waals surface area contributed by atoms with Crippen LogP contribution in [-0.4, -0.2) is 46.5 Å². The van der Waals surface area contributed by atoms with Gasteiger partial charge < -0.3 is 21.1 Å². The molecule has 7 heteroatoms.